The monoisotopic (exact) mass is 231 g/mol. The third-order valence-electron chi connectivity index (χ3n) is 2.10. The van der Waals surface area contributed by atoms with Crippen molar-refractivity contribution in [2.45, 2.75) is 12.5 Å². The van der Waals surface area contributed by atoms with Gasteiger partial charge in [-0.2, -0.15) is 0 Å². The molecule has 0 aliphatic heterocycles. The van der Waals surface area contributed by atoms with Crippen molar-refractivity contribution in [3.05, 3.63) is 35.0 Å². The summed E-state index contributed by atoms with van der Waals surface area (Å²) < 4.78 is 29.8. The van der Waals surface area contributed by atoms with Crippen molar-refractivity contribution in [1.29, 1.82) is 0 Å². The van der Waals surface area contributed by atoms with Crippen LogP contribution in [0.2, 0.25) is 5.02 Å². The maximum absolute atomic E-state index is 12.3. The molecule has 15 heavy (non-hydrogen) atoms. The number of benzene rings is 1. The van der Waals surface area contributed by atoms with Gasteiger partial charge in [-0.05, 0) is 24.3 Å². The predicted octanol–water partition coefficient (Wildman–Crippen LogP) is 3.35. The summed E-state index contributed by atoms with van der Waals surface area (Å²) in [6.07, 6.45) is -2.64. The van der Waals surface area contributed by atoms with Crippen LogP contribution in [0, 0.1) is 0 Å². The average molecular weight is 232 g/mol. The molecular weight excluding hydrogens is 224 g/mol. The van der Waals surface area contributed by atoms with E-state index in [1.54, 1.807) is 18.2 Å². The second-order valence-corrected chi connectivity index (χ2v) is 3.63. The fraction of sp³-hybridized carbons (Fsp3) is 0.200. The molecule has 0 saturated carbocycles. The first-order valence-corrected chi connectivity index (χ1v) is 4.68. The molecule has 2 nitrogen and oxygen atoms in total. The zero-order valence-corrected chi connectivity index (χ0v) is 8.34. The molecule has 1 aromatic carbocycles. The Morgan fingerprint density at radius 3 is 2.67 bits per heavy atom. The van der Waals surface area contributed by atoms with Gasteiger partial charge in [0.05, 0.1) is 0 Å². The van der Waals surface area contributed by atoms with Crippen LogP contribution in [-0.2, 0) is 0 Å². The Bertz CT molecular complexity index is 483. The van der Waals surface area contributed by atoms with Crippen LogP contribution >= 0.6 is 11.6 Å². The normalized spacial score (nSPS) is 13.7. The Morgan fingerprint density at radius 1 is 1.27 bits per heavy atom. The first-order valence-electron chi connectivity index (χ1n) is 4.30. The number of halogens is 3. The van der Waals surface area contributed by atoms with E-state index in [1.165, 1.54) is 6.07 Å². The van der Waals surface area contributed by atoms with Crippen molar-refractivity contribution < 1.29 is 13.2 Å². The van der Waals surface area contributed by atoms with Gasteiger partial charge in [0.25, 0.3) is 6.43 Å². The molecule has 0 spiro atoms. The van der Waals surface area contributed by atoms with Gasteiger partial charge in [0, 0.05) is 10.4 Å². The van der Waals surface area contributed by atoms with Gasteiger partial charge in [0.1, 0.15) is 17.4 Å². The van der Waals surface area contributed by atoms with Crippen LogP contribution in [0.3, 0.4) is 0 Å². The van der Waals surface area contributed by atoms with E-state index < -0.39 is 12.5 Å². The van der Waals surface area contributed by atoms with Gasteiger partial charge in [-0.25, -0.2) is 8.78 Å². The Balaban J connectivity index is 2.47. The molecule has 0 fully saturated rings. The smallest absolute Gasteiger partial charge is 0.260 e. The molecule has 1 aromatic heterocycles. The van der Waals surface area contributed by atoms with Gasteiger partial charge >= 0.3 is 0 Å². The van der Waals surface area contributed by atoms with Gasteiger partial charge in [-0.3, -0.25) is 0 Å². The fourth-order valence-corrected chi connectivity index (χ4v) is 1.50. The summed E-state index contributed by atoms with van der Waals surface area (Å²) in [7, 11) is 0. The minimum absolute atomic E-state index is 0.0715. The molecule has 0 aliphatic rings. The quantitative estimate of drug-likeness (QED) is 0.861. The highest BCUT2D eigenvalue weighted by Gasteiger charge is 2.21. The zero-order chi connectivity index (χ0) is 11.0. The first-order chi connectivity index (χ1) is 7.08. The number of hydrogen-bond donors (Lipinski definition) is 1. The average Bonchev–Trinajstić information content (AvgIpc) is 2.58. The molecular formula is C10H8ClF2NO. The minimum atomic E-state index is -2.64. The number of fused-ring (bicyclic) bond motifs is 1. The highest BCUT2D eigenvalue weighted by molar-refractivity contribution is 6.31. The van der Waals surface area contributed by atoms with Crippen molar-refractivity contribution in [3.8, 4) is 0 Å². The first kappa shape index (κ1) is 10.4. The topological polar surface area (TPSA) is 39.2 Å². The summed E-state index contributed by atoms with van der Waals surface area (Å²) in [5, 5.41) is 1.20. The van der Waals surface area contributed by atoms with E-state index in [0.717, 1.165) is 0 Å². The maximum atomic E-state index is 12.3. The van der Waals surface area contributed by atoms with Crippen LogP contribution in [-0.4, -0.2) is 6.43 Å². The van der Waals surface area contributed by atoms with Gasteiger partial charge in [0.2, 0.25) is 0 Å². The molecule has 0 bridgehead atoms. The molecule has 1 heterocycles. The third-order valence-corrected chi connectivity index (χ3v) is 2.33. The summed E-state index contributed by atoms with van der Waals surface area (Å²) in [5.74, 6) is 0.0715. The second kappa shape index (κ2) is 3.79. The standard InChI is InChI=1S/C10H8ClF2NO/c11-6-1-2-7-5(3-6)4-8(15-7)9(14)10(12)13/h1-4,9-10H,14H2. The number of nitrogens with two attached hydrogens (primary N) is 1. The molecule has 1 unspecified atom stereocenters. The lowest BCUT2D eigenvalue weighted by molar-refractivity contribution is 0.107. The fourth-order valence-electron chi connectivity index (χ4n) is 1.32. The number of furan rings is 1. The molecule has 80 valence electrons. The van der Waals surface area contributed by atoms with E-state index in [4.69, 9.17) is 21.8 Å². The lowest BCUT2D eigenvalue weighted by atomic mass is 10.2. The Labute approximate surface area is 89.6 Å². The number of hydrogen-bond acceptors (Lipinski definition) is 2. The van der Waals surface area contributed by atoms with Crippen LogP contribution in [0.25, 0.3) is 11.0 Å². The molecule has 0 saturated heterocycles. The molecule has 1 atom stereocenters. The zero-order valence-electron chi connectivity index (χ0n) is 7.58. The van der Waals surface area contributed by atoms with E-state index in [0.29, 0.717) is 16.0 Å². The van der Waals surface area contributed by atoms with Gasteiger partial charge < -0.3 is 10.2 Å². The molecule has 0 amide bonds. The summed E-state index contributed by atoms with van der Waals surface area (Å²) >= 11 is 5.75. The van der Waals surface area contributed by atoms with E-state index >= 15 is 0 Å². The molecule has 5 heteroatoms. The summed E-state index contributed by atoms with van der Waals surface area (Å²) in [6.45, 7) is 0. The predicted molar refractivity (Wildman–Crippen MR) is 54.2 cm³/mol. The Hall–Kier alpha value is -1.13. The van der Waals surface area contributed by atoms with Gasteiger partial charge in [0.15, 0.2) is 0 Å². The molecule has 2 rings (SSSR count). The number of rotatable bonds is 2. The van der Waals surface area contributed by atoms with Crippen molar-refractivity contribution in [1.82, 2.24) is 0 Å². The van der Waals surface area contributed by atoms with Crippen LogP contribution in [0.4, 0.5) is 8.78 Å². The van der Waals surface area contributed by atoms with Crippen molar-refractivity contribution in [2.75, 3.05) is 0 Å². The van der Waals surface area contributed by atoms with E-state index in [9.17, 15) is 8.78 Å². The lowest BCUT2D eigenvalue weighted by Gasteiger charge is -2.05. The van der Waals surface area contributed by atoms with Crippen molar-refractivity contribution in [2.24, 2.45) is 5.73 Å². The third kappa shape index (κ3) is 1.96. The number of alkyl halides is 2. The van der Waals surface area contributed by atoms with E-state index in [1.807, 2.05) is 0 Å². The molecule has 0 aliphatic carbocycles. The summed E-state index contributed by atoms with van der Waals surface area (Å²) in [5.41, 5.74) is 5.77. The van der Waals surface area contributed by atoms with Gasteiger partial charge in [-0.1, -0.05) is 11.6 Å². The Morgan fingerprint density at radius 2 is 2.00 bits per heavy atom. The Kier molecular flexibility index (Phi) is 2.63. The van der Waals surface area contributed by atoms with E-state index in [-0.39, 0.29) is 5.76 Å². The molecule has 2 N–H and O–H groups in total. The summed E-state index contributed by atoms with van der Waals surface area (Å²) in [4.78, 5) is 0. The van der Waals surface area contributed by atoms with Crippen LogP contribution in [0.5, 0.6) is 0 Å². The van der Waals surface area contributed by atoms with Crippen molar-refractivity contribution >= 4 is 22.6 Å². The van der Waals surface area contributed by atoms with Crippen molar-refractivity contribution in [3.63, 3.8) is 0 Å². The maximum Gasteiger partial charge on any atom is 0.260 e. The van der Waals surface area contributed by atoms with Crippen LogP contribution < -0.4 is 5.73 Å². The minimum Gasteiger partial charge on any atom is -0.459 e. The highest BCUT2D eigenvalue weighted by atomic mass is 35.5. The second-order valence-electron chi connectivity index (χ2n) is 3.19. The van der Waals surface area contributed by atoms with Crippen LogP contribution in [0.15, 0.2) is 28.7 Å². The van der Waals surface area contributed by atoms with E-state index in [2.05, 4.69) is 0 Å². The highest BCUT2D eigenvalue weighted by Crippen LogP contribution is 2.27. The van der Waals surface area contributed by atoms with Crippen LogP contribution in [0.1, 0.15) is 11.8 Å². The van der Waals surface area contributed by atoms with Gasteiger partial charge in [-0.15, -0.1) is 0 Å². The SMILES string of the molecule is NC(c1cc2cc(Cl)ccc2o1)C(F)F. The molecule has 0 radical (unpaired) electrons. The largest absolute Gasteiger partial charge is 0.459 e. The lowest BCUT2D eigenvalue weighted by Crippen LogP contribution is -2.17. The molecule has 2 aromatic rings. The summed E-state index contributed by atoms with van der Waals surface area (Å²) in [6, 6.07) is 4.99.